The third-order valence-electron chi connectivity index (χ3n) is 8.91. The highest BCUT2D eigenvalue weighted by Gasteiger charge is 2.69. The quantitative estimate of drug-likeness (QED) is 0.610. The molecule has 1 amide bonds. The Bertz CT molecular complexity index is 972. The standard InChI is InChI=1S/C24H30BrNO4/c1-12-6-7-17-22(2,3)20(27)15(25)10-24(17)23(12,4)9-13-8-16(29-5)18-14(19(13)30-24)11-26-21(18)28/h8,12,15,17H,6-7,9-11H2,1-5H3,(H,26,28)/t12-,15?,17-,23+,24-/m0/s1. The van der Waals surface area contributed by atoms with Crippen molar-refractivity contribution < 1.29 is 19.1 Å². The molecule has 162 valence electrons. The van der Waals surface area contributed by atoms with Crippen molar-refractivity contribution in [3.63, 3.8) is 0 Å². The first kappa shape index (κ1) is 20.3. The normalized spacial score (nSPS) is 38.5. The molecule has 6 heteroatoms. The highest BCUT2D eigenvalue weighted by Crippen LogP contribution is 2.66. The number of benzene rings is 1. The zero-order valence-electron chi connectivity index (χ0n) is 18.4. The van der Waals surface area contributed by atoms with Crippen LogP contribution in [0.2, 0.25) is 0 Å². The molecular formula is C24H30BrNO4. The summed E-state index contributed by atoms with van der Waals surface area (Å²) in [7, 11) is 1.62. The molecular weight excluding hydrogens is 446 g/mol. The van der Waals surface area contributed by atoms with Gasteiger partial charge < -0.3 is 14.8 Å². The minimum Gasteiger partial charge on any atom is -0.496 e. The van der Waals surface area contributed by atoms with Crippen LogP contribution in [-0.2, 0) is 17.8 Å². The van der Waals surface area contributed by atoms with E-state index < -0.39 is 11.0 Å². The third kappa shape index (κ3) is 2.29. The number of fused-ring (bicyclic) bond motifs is 3. The van der Waals surface area contributed by atoms with E-state index in [4.69, 9.17) is 9.47 Å². The summed E-state index contributed by atoms with van der Waals surface area (Å²) >= 11 is 3.71. The molecule has 4 aliphatic rings. The van der Waals surface area contributed by atoms with Crippen molar-refractivity contribution in [2.24, 2.45) is 22.7 Å². The molecule has 2 saturated carbocycles. The molecule has 0 radical (unpaired) electrons. The summed E-state index contributed by atoms with van der Waals surface area (Å²) in [6, 6.07) is 2.00. The summed E-state index contributed by atoms with van der Waals surface area (Å²) in [5.74, 6) is 2.24. The Labute approximate surface area is 186 Å². The van der Waals surface area contributed by atoms with Gasteiger partial charge in [0.05, 0.1) is 17.5 Å². The number of alkyl halides is 1. The van der Waals surface area contributed by atoms with Crippen LogP contribution in [-0.4, -0.2) is 29.2 Å². The molecule has 30 heavy (non-hydrogen) atoms. The molecule has 5 rings (SSSR count). The second-order valence-electron chi connectivity index (χ2n) is 10.5. The summed E-state index contributed by atoms with van der Waals surface area (Å²) in [5, 5.41) is 2.94. The number of hydrogen-bond acceptors (Lipinski definition) is 4. The maximum Gasteiger partial charge on any atom is 0.255 e. The van der Waals surface area contributed by atoms with E-state index in [-0.39, 0.29) is 27.9 Å². The van der Waals surface area contributed by atoms with Crippen molar-refractivity contribution in [1.82, 2.24) is 5.32 Å². The Kier molecular flexibility index (Phi) is 4.23. The smallest absolute Gasteiger partial charge is 0.255 e. The molecule has 1 N–H and O–H groups in total. The van der Waals surface area contributed by atoms with E-state index >= 15 is 0 Å². The second kappa shape index (κ2) is 6.24. The van der Waals surface area contributed by atoms with Crippen LogP contribution in [0.5, 0.6) is 11.5 Å². The number of rotatable bonds is 1. The molecule has 2 heterocycles. The number of carbonyl (C=O) groups is 2. The Hall–Kier alpha value is -1.56. The van der Waals surface area contributed by atoms with Gasteiger partial charge in [0, 0.05) is 35.3 Å². The average molecular weight is 476 g/mol. The predicted octanol–water partition coefficient (Wildman–Crippen LogP) is 4.43. The Morgan fingerprint density at radius 2 is 1.97 bits per heavy atom. The van der Waals surface area contributed by atoms with Crippen LogP contribution in [0.4, 0.5) is 0 Å². The molecule has 1 aromatic rings. The van der Waals surface area contributed by atoms with E-state index in [1.807, 2.05) is 6.07 Å². The topological polar surface area (TPSA) is 64.6 Å². The Morgan fingerprint density at radius 3 is 2.67 bits per heavy atom. The minimum atomic E-state index is -0.463. The zero-order valence-corrected chi connectivity index (χ0v) is 19.9. The van der Waals surface area contributed by atoms with Crippen LogP contribution in [0.3, 0.4) is 0 Å². The Balaban J connectivity index is 1.75. The predicted molar refractivity (Wildman–Crippen MR) is 117 cm³/mol. The fourth-order valence-corrected chi connectivity index (χ4v) is 8.09. The molecule has 0 aromatic heterocycles. The van der Waals surface area contributed by atoms with Crippen molar-refractivity contribution in [3.05, 3.63) is 22.8 Å². The summed E-state index contributed by atoms with van der Waals surface area (Å²) < 4.78 is 12.7. The molecule has 5 atom stereocenters. The van der Waals surface area contributed by atoms with E-state index in [0.29, 0.717) is 30.2 Å². The van der Waals surface area contributed by atoms with Crippen molar-refractivity contribution in [2.45, 2.75) is 70.4 Å². The van der Waals surface area contributed by atoms with Crippen molar-refractivity contribution >= 4 is 27.6 Å². The largest absolute Gasteiger partial charge is 0.496 e. The number of methoxy groups -OCH3 is 1. The van der Waals surface area contributed by atoms with Crippen LogP contribution in [0.1, 0.15) is 68.4 Å². The summed E-state index contributed by atoms with van der Waals surface area (Å²) in [4.78, 5) is 25.4. The summed E-state index contributed by atoms with van der Waals surface area (Å²) in [5.41, 5.74) is 1.60. The monoisotopic (exact) mass is 475 g/mol. The lowest BCUT2D eigenvalue weighted by Gasteiger charge is -2.66. The number of ketones is 1. The zero-order chi connectivity index (χ0) is 21.6. The van der Waals surface area contributed by atoms with Gasteiger partial charge in [-0.15, -0.1) is 0 Å². The van der Waals surface area contributed by atoms with Gasteiger partial charge in [-0.3, -0.25) is 9.59 Å². The van der Waals surface area contributed by atoms with Gasteiger partial charge in [0.2, 0.25) is 0 Å². The first-order valence-corrected chi connectivity index (χ1v) is 11.9. The highest BCUT2D eigenvalue weighted by atomic mass is 79.9. The number of ether oxygens (including phenoxy) is 2. The van der Waals surface area contributed by atoms with Crippen LogP contribution in [0.25, 0.3) is 0 Å². The van der Waals surface area contributed by atoms with Gasteiger partial charge in [0.25, 0.3) is 5.91 Å². The summed E-state index contributed by atoms with van der Waals surface area (Å²) in [6.07, 6.45) is 3.61. The molecule has 2 fully saturated rings. The van der Waals surface area contributed by atoms with E-state index in [2.05, 4.69) is 48.9 Å². The lowest BCUT2D eigenvalue weighted by molar-refractivity contribution is -0.207. The van der Waals surface area contributed by atoms with Gasteiger partial charge in [-0.05, 0) is 36.8 Å². The number of hydrogen-bond donors (Lipinski definition) is 1. The molecule has 2 aliphatic carbocycles. The van der Waals surface area contributed by atoms with Crippen LogP contribution < -0.4 is 14.8 Å². The van der Waals surface area contributed by atoms with Crippen molar-refractivity contribution in [1.29, 1.82) is 0 Å². The van der Waals surface area contributed by atoms with Gasteiger partial charge >= 0.3 is 0 Å². The number of nitrogens with one attached hydrogen (secondary N) is 1. The lowest BCUT2D eigenvalue weighted by Crippen LogP contribution is -2.71. The average Bonchev–Trinajstić information content (AvgIpc) is 3.08. The van der Waals surface area contributed by atoms with Crippen LogP contribution >= 0.6 is 15.9 Å². The summed E-state index contributed by atoms with van der Waals surface area (Å²) in [6.45, 7) is 9.32. The van der Waals surface area contributed by atoms with Gasteiger partial charge in [0.1, 0.15) is 17.1 Å². The third-order valence-corrected chi connectivity index (χ3v) is 9.65. The maximum absolute atomic E-state index is 13.1. The van der Waals surface area contributed by atoms with E-state index in [0.717, 1.165) is 36.1 Å². The molecule has 0 bridgehead atoms. The van der Waals surface area contributed by atoms with Gasteiger partial charge in [0.15, 0.2) is 5.78 Å². The van der Waals surface area contributed by atoms with Gasteiger partial charge in [-0.2, -0.15) is 0 Å². The van der Waals surface area contributed by atoms with Gasteiger partial charge in [-0.1, -0.05) is 43.6 Å². The Morgan fingerprint density at radius 1 is 1.23 bits per heavy atom. The minimum absolute atomic E-state index is 0.106. The second-order valence-corrected chi connectivity index (χ2v) is 11.6. The molecule has 5 nitrogen and oxygen atoms in total. The number of halogens is 1. The fourth-order valence-electron chi connectivity index (χ4n) is 7.01. The van der Waals surface area contributed by atoms with Crippen molar-refractivity contribution in [3.8, 4) is 11.5 Å². The maximum atomic E-state index is 13.1. The molecule has 1 aromatic carbocycles. The molecule has 1 spiro atoms. The first-order chi connectivity index (χ1) is 14.1. The number of amides is 1. The lowest BCUT2D eigenvalue weighted by atomic mass is 9.44. The SMILES string of the molecule is COc1cc2c(c3c1C(=O)NC3)O[C@@]13CC(Br)C(=O)C(C)(C)[C@@H]1CC[C@H](C)[C@@]3(C)C2. The molecule has 1 unspecified atom stereocenters. The fraction of sp³-hybridized carbons (Fsp3) is 0.667. The number of carbonyl (C=O) groups excluding carboxylic acids is 2. The van der Waals surface area contributed by atoms with Crippen LogP contribution in [0.15, 0.2) is 6.07 Å². The van der Waals surface area contributed by atoms with E-state index in [9.17, 15) is 9.59 Å². The van der Waals surface area contributed by atoms with Gasteiger partial charge in [-0.25, -0.2) is 0 Å². The van der Waals surface area contributed by atoms with E-state index in [1.165, 1.54) is 0 Å². The number of Topliss-reactive ketones (excluding diaryl/α,β-unsaturated/α-hetero) is 1. The highest BCUT2D eigenvalue weighted by molar-refractivity contribution is 9.10. The first-order valence-electron chi connectivity index (χ1n) is 10.9. The molecule has 0 saturated heterocycles. The van der Waals surface area contributed by atoms with Crippen LogP contribution in [0, 0.1) is 22.7 Å². The molecule has 2 aliphatic heterocycles. The van der Waals surface area contributed by atoms with E-state index in [1.54, 1.807) is 7.11 Å². The van der Waals surface area contributed by atoms with Crippen molar-refractivity contribution in [2.75, 3.05) is 7.11 Å².